The van der Waals surface area contributed by atoms with Crippen LogP contribution < -0.4 is 4.18 Å². The molecule has 20 heavy (non-hydrogen) atoms. The first-order valence-corrected chi connectivity index (χ1v) is 7.55. The molecule has 0 fully saturated rings. The molecule has 3 aromatic rings. The Morgan fingerprint density at radius 2 is 1.60 bits per heavy atom. The van der Waals surface area contributed by atoms with Gasteiger partial charge in [0.2, 0.25) is 0 Å². The Morgan fingerprint density at radius 1 is 0.850 bits per heavy atom. The number of hydrogen-bond donors (Lipinski definition) is 0. The Hall–Kier alpha value is -2.33. The monoisotopic (exact) mass is 284 g/mol. The van der Waals surface area contributed by atoms with Gasteiger partial charge in [-0.2, -0.15) is 8.42 Å². The fraction of sp³-hybridized carbons (Fsp3) is 0. The lowest BCUT2D eigenvalue weighted by Crippen LogP contribution is -2.04. The molecular weight excluding hydrogens is 272 g/mol. The van der Waals surface area contributed by atoms with Crippen LogP contribution in [0.4, 0.5) is 0 Å². The third-order valence-electron chi connectivity index (χ3n) is 3.16. The average Bonchev–Trinajstić information content (AvgIpc) is 2.47. The Bertz CT molecular complexity index is 911. The van der Waals surface area contributed by atoms with Crippen molar-refractivity contribution in [1.82, 2.24) is 0 Å². The summed E-state index contributed by atoms with van der Waals surface area (Å²) >= 11 is 0. The highest BCUT2D eigenvalue weighted by Gasteiger charge is 2.11. The van der Waals surface area contributed by atoms with Gasteiger partial charge in [0.25, 0.3) is 0 Å². The Balaban J connectivity index is 2.30. The van der Waals surface area contributed by atoms with E-state index in [0.29, 0.717) is 5.75 Å². The third-order valence-corrected chi connectivity index (χ3v) is 3.98. The molecule has 0 aliphatic rings. The SMILES string of the molecule is C=CS(=O)(=O)Oc1cccc2c1ccc1ccccc12. The molecule has 100 valence electrons. The number of fused-ring (bicyclic) bond motifs is 3. The van der Waals surface area contributed by atoms with Crippen LogP contribution in [0.5, 0.6) is 5.75 Å². The first-order chi connectivity index (χ1) is 9.61. The van der Waals surface area contributed by atoms with Crippen LogP contribution >= 0.6 is 0 Å². The van der Waals surface area contributed by atoms with Crippen LogP contribution in [-0.2, 0) is 10.1 Å². The standard InChI is InChI=1S/C16H12O3S/c1-2-20(17,18)19-16-9-5-8-14-13-7-4-3-6-12(13)10-11-15(14)16/h2-11H,1H2. The Labute approximate surface area is 117 Å². The summed E-state index contributed by atoms with van der Waals surface area (Å²) in [5, 5.41) is 4.68. The maximum absolute atomic E-state index is 11.5. The summed E-state index contributed by atoms with van der Waals surface area (Å²) < 4.78 is 28.1. The second-order valence-electron chi connectivity index (χ2n) is 4.38. The molecule has 0 aromatic heterocycles. The third kappa shape index (κ3) is 2.14. The van der Waals surface area contributed by atoms with Gasteiger partial charge in [-0.05, 0) is 28.3 Å². The van der Waals surface area contributed by atoms with Crippen LogP contribution in [0.2, 0.25) is 0 Å². The molecule has 3 nitrogen and oxygen atoms in total. The van der Waals surface area contributed by atoms with Gasteiger partial charge in [-0.25, -0.2) is 0 Å². The summed E-state index contributed by atoms with van der Waals surface area (Å²) in [5.74, 6) is 0.313. The lowest BCUT2D eigenvalue weighted by Gasteiger charge is -2.09. The molecule has 0 saturated heterocycles. The predicted octanol–water partition coefficient (Wildman–Crippen LogP) is 3.85. The molecule has 4 heteroatoms. The van der Waals surface area contributed by atoms with E-state index in [-0.39, 0.29) is 0 Å². The van der Waals surface area contributed by atoms with Crippen molar-refractivity contribution in [2.75, 3.05) is 0 Å². The number of rotatable bonds is 3. The zero-order valence-electron chi connectivity index (χ0n) is 10.6. The molecule has 0 aliphatic carbocycles. The van der Waals surface area contributed by atoms with Crippen molar-refractivity contribution in [3.63, 3.8) is 0 Å². The summed E-state index contributed by atoms with van der Waals surface area (Å²) in [4.78, 5) is 0. The normalized spacial score (nSPS) is 11.6. The smallest absolute Gasteiger partial charge is 0.331 e. The van der Waals surface area contributed by atoms with Crippen molar-refractivity contribution in [2.24, 2.45) is 0 Å². The zero-order chi connectivity index (χ0) is 14.2. The van der Waals surface area contributed by atoms with E-state index in [1.54, 1.807) is 12.1 Å². The van der Waals surface area contributed by atoms with Gasteiger partial charge in [-0.15, -0.1) is 0 Å². The van der Waals surface area contributed by atoms with E-state index in [9.17, 15) is 8.42 Å². The van der Waals surface area contributed by atoms with Crippen molar-refractivity contribution >= 4 is 31.7 Å². The van der Waals surface area contributed by atoms with Gasteiger partial charge in [0, 0.05) is 5.39 Å². The van der Waals surface area contributed by atoms with Crippen molar-refractivity contribution < 1.29 is 12.6 Å². The highest BCUT2D eigenvalue weighted by atomic mass is 32.2. The molecule has 0 radical (unpaired) electrons. The minimum absolute atomic E-state index is 0.313. The lowest BCUT2D eigenvalue weighted by atomic mass is 10.0. The van der Waals surface area contributed by atoms with Gasteiger partial charge in [-0.1, -0.05) is 49.0 Å². The summed E-state index contributed by atoms with van der Waals surface area (Å²) in [5.41, 5.74) is 0. The number of benzene rings is 3. The molecule has 0 heterocycles. The van der Waals surface area contributed by atoms with Gasteiger partial charge < -0.3 is 4.18 Å². The van der Waals surface area contributed by atoms with Crippen LogP contribution in [-0.4, -0.2) is 8.42 Å². The van der Waals surface area contributed by atoms with E-state index in [2.05, 4.69) is 6.58 Å². The summed E-state index contributed by atoms with van der Waals surface area (Å²) in [6.45, 7) is 3.25. The van der Waals surface area contributed by atoms with E-state index < -0.39 is 10.1 Å². The van der Waals surface area contributed by atoms with E-state index >= 15 is 0 Å². The second-order valence-corrected chi connectivity index (χ2v) is 5.87. The Morgan fingerprint density at radius 3 is 2.40 bits per heavy atom. The maximum atomic E-state index is 11.5. The van der Waals surface area contributed by atoms with Crippen molar-refractivity contribution in [1.29, 1.82) is 0 Å². The van der Waals surface area contributed by atoms with E-state index in [4.69, 9.17) is 4.18 Å². The van der Waals surface area contributed by atoms with Gasteiger partial charge in [0.15, 0.2) is 5.75 Å². The molecule has 0 spiro atoms. The first kappa shape index (κ1) is 12.7. The van der Waals surface area contributed by atoms with Gasteiger partial charge in [0.1, 0.15) is 0 Å². The molecule has 0 unspecified atom stereocenters. The van der Waals surface area contributed by atoms with Crippen LogP contribution in [0.1, 0.15) is 0 Å². The first-order valence-electron chi connectivity index (χ1n) is 6.08. The highest BCUT2D eigenvalue weighted by Crippen LogP contribution is 2.32. The molecule has 0 N–H and O–H groups in total. The lowest BCUT2D eigenvalue weighted by molar-refractivity contribution is 0.499. The number of hydrogen-bond acceptors (Lipinski definition) is 3. The van der Waals surface area contributed by atoms with Gasteiger partial charge >= 0.3 is 10.1 Å². The van der Waals surface area contributed by atoms with Crippen LogP contribution in [0, 0.1) is 0 Å². The quantitative estimate of drug-likeness (QED) is 0.542. The summed E-state index contributed by atoms with van der Waals surface area (Å²) in [6, 6.07) is 17.1. The highest BCUT2D eigenvalue weighted by molar-refractivity contribution is 7.90. The van der Waals surface area contributed by atoms with E-state index in [1.807, 2.05) is 42.5 Å². The van der Waals surface area contributed by atoms with Crippen LogP contribution in [0.3, 0.4) is 0 Å². The van der Waals surface area contributed by atoms with Gasteiger partial charge in [-0.3, -0.25) is 0 Å². The van der Waals surface area contributed by atoms with Gasteiger partial charge in [0.05, 0.1) is 5.41 Å². The average molecular weight is 284 g/mol. The topological polar surface area (TPSA) is 43.4 Å². The fourth-order valence-corrected chi connectivity index (χ4v) is 2.71. The van der Waals surface area contributed by atoms with E-state index in [0.717, 1.165) is 27.0 Å². The fourth-order valence-electron chi connectivity index (χ4n) is 2.24. The molecule has 3 rings (SSSR count). The molecule has 3 aromatic carbocycles. The predicted molar refractivity (Wildman–Crippen MR) is 81.2 cm³/mol. The second kappa shape index (κ2) is 4.65. The summed E-state index contributed by atoms with van der Waals surface area (Å²) in [6.07, 6.45) is 0. The maximum Gasteiger partial charge on any atom is 0.331 e. The molecule has 0 atom stereocenters. The van der Waals surface area contributed by atoms with Crippen LogP contribution in [0.25, 0.3) is 21.5 Å². The van der Waals surface area contributed by atoms with Crippen molar-refractivity contribution in [3.8, 4) is 5.75 Å². The molecule has 0 aliphatic heterocycles. The Kier molecular flexibility index (Phi) is 2.95. The summed E-state index contributed by atoms with van der Waals surface area (Å²) in [7, 11) is -3.75. The minimum Gasteiger partial charge on any atom is -0.379 e. The zero-order valence-corrected chi connectivity index (χ0v) is 11.4. The minimum atomic E-state index is -3.75. The van der Waals surface area contributed by atoms with Crippen LogP contribution in [0.15, 0.2) is 66.6 Å². The largest absolute Gasteiger partial charge is 0.379 e. The molecule has 0 saturated carbocycles. The van der Waals surface area contributed by atoms with E-state index in [1.165, 1.54) is 0 Å². The van der Waals surface area contributed by atoms with Crippen molar-refractivity contribution in [3.05, 3.63) is 66.6 Å². The molecular formula is C16H12O3S. The molecule has 0 bridgehead atoms. The van der Waals surface area contributed by atoms with Crippen molar-refractivity contribution in [2.45, 2.75) is 0 Å². The molecule has 0 amide bonds.